The summed E-state index contributed by atoms with van der Waals surface area (Å²) in [4.78, 5) is 17.2. The highest BCUT2D eigenvalue weighted by molar-refractivity contribution is 7.88. The summed E-state index contributed by atoms with van der Waals surface area (Å²) in [7, 11) is -3.11. The molecule has 0 aromatic rings. The van der Waals surface area contributed by atoms with Gasteiger partial charge in [0, 0.05) is 38.6 Å². The Morgan fingerprint density at radius 1 is 0.958 bits per heavy atom. The predicted octanol–water partition coefficient (Wildman–Crippen LogP) is 1.13. The van der Waals surface area contributed by atoms with Crippen LogP contribution in [-0.4, -0.2) is 80.0 Å². The van der Waals surface area contributed by atoms with Gasteiger partial charge in [-0.15, -0.1) is 0 Å². The van der Waals surface area contributed by atoms with E-state index in [2.05, 4.69) is 4.90 Å². The molecule has 138 valence electrons. The van der Waals surface area contributed by atoms with Gasteiger partial charge in [0.2, 0.25) is 15.9 Å². The van der Waals surface area contributed by atoms with Crippen LogP contribution >= 0.6 is 0 Å². The molecular weight excluding hydrogens is 326 g/mol. The minimum absolute atomic E-state index is 0.187. The van der Waals surface area contributed by atoms with Crippen LogP contribution in [0.2, 0.25) is 0 Å². The van der Waals surface area contributed by atoms with Crippen LogP contribution in [0.4, 0.5) is 0 Å². The third-order valence-corrected chi connectivity index (χ3v) is 7.17. The van der Waals surface area contributed by atoms with Crippen molar-refractivity contribution < 1.29 is 13.2 Å². The zero-order valence-electron chi connectivity index (χ0n) is 14.8. The lowest BCUT2D eigenvalue weighted by Gasteiger charge is -2.40. The van der Waals surface area contributed by atoms with Crippen LogP contribution in [0.15, 0.2) is 0 Å². The average Bonchev–Trinajstić information content (AvgIpc) is 3.05. The molecule has 3 heterocycles. The summed E-state index contributed by atoms with van der Waals surface area (Å²) in [6, 6.07) is 0.654. The number of hydrogen-bond donors (Lipinski definition) is 0. The van der Waals surface area contributed by atoms with Crippen molar-refractivity contribution in [2.24, 2.45) is 5.92 Å². The number of carbonyl (C=O) groups excluding carboxylic acids is 1. The maximum Gasteiger partial charge on any atom is 0.222 e. The van der Waals surface area contributed by atoms with Gasteiger partial charge in [-0.25, -0.2) is 12.7 Å². The van der Waals surface area contributed by atoms with Gasteiger partial charge in [-0.05, 0) is 51.1 Å². The molecule has 0 aromatic carbocycles. The Labute approximate surface area is 146 Å². The molecule has 1 amide bonds. The Hall–Kier alpha value is -0.660. The number of nitrogens with zero attached hydrogens (tertiary/aromatic N) is 3. The third kappa shape index (κ3) is 4.49. The quantitative estimate of drug-likeness (QED) is 0.757. The Morgan fingerprint density at radius 3 is 2.21 bits per heavy atom. The lowest BCUT2D eigenvalue weighted by Crippen LogP contribution is -2.48. The summed E-state index contributed by atoms with van der Waals surface area (Å²) in [6.07, 6.45) is 8.73. The summed E-state index contributed by atoms with van der Waals surface area (Å²) in [5.41, 5.74) is 0. The fourth-order valence-corrected chi connectivity index (χ4v) is 5.32. The predicted molar refractivity (Wildman–Crippen MR) is 94.2 cm³/mol. The normalized spacial score (nSPS) is 28.4. The molecule has 3 aliphatic heterocycles. The smallest absolute Gasteiger partial charge is 0.222 e. The second-order valence-electron chi connectivity index (χ2n) is 7.69. The molecular formula is C17H31N3O3S. The highest BCUT2D eigenvalue weighted by atomic mass is 32.2. The van der Waals surface area contributed by atoms with E-state index in [1.165, 1.54) is 42.9 Å². The van der Waals surface area contributed by atoms with E-state index in [0.29, 0.717) is 25.6 Å². The van der Waals surface area contributed by atoms with Gasteiger partial charge < -0.3 is 9.80 Å². The van der Waals surface area contributed by atoms with Crippen molar-refractivity contribution in [1.29, 1.82) is 0 Å². The van der Waals surface area contributed by atoms with E-state index in [-0.39, 0.29) is 11.8 Å². The summed E-state index contributed by atoms with van der Waals surface area (Å²) in [5, 5.41) is 0. The summed E-state index contributed by atoms with van der Waals surface area (Å²) >= 11 is 0. The Bertz CT molecular complexity index is 537. The second kappa shape index (κ2) is 7.70. The first-order valence-electron chi connectivity index (χ1n) is 9.40. The van der Waals surface area contributed by atoms with Gasteiger partial charge in [0.1, 0.15) is 0 Å². The molecule has 1 atom stereocenters. The number of carbonyl (C=O) groups is 1. The first-order chi connectivity index (χ1) is 11.4. The first kappa shape index (κ1) is 18.1. The molecule has 0 aliphatic carbocycles. The molecule has 24 heavy (non-hydrogen) atoms. The fraction of sp³-hybridized carbons (Fsp3) is 0.941. The van der Waals surface area contributed by atoms with Crippen molar-refractivity contribution in [2.75, 3.05) is 45.5 Å². The van der Waals surface area contributed by atoms with E-state index in [1.807, 2.05) is 4.90 Å². The third-order valence-electron chi connectivity index (χ3n) is 5.91. The Balaban J connectivity index is 1.42. The Morgan fingerprint density at radius 2 is 1.62 bits per heavy atom. The highest BCUT2D eigenvalue weighted by Crippen LogP contribution is 2.25. The maximum absolute atomic E-state index is 12.5. The van der Waals surface area contributed by atoms with Crippen LogP contribution in [0.5, 0.6) is 0 Å². The molecule has 0 spiro atoms. The first-order valence-corrected chi connectivity index (χ1v) is 11.3. The molecule has 6 nitrogen and oxygen atoms in total. The molecule has 0 N–H and O–H groups in total. The van der Waals surface area contributed by atoms with Gasteiger partial charge in [0.05, 0.1) is 6.26 Å². The molecule has 3 fully saturated rings. The summed E-state index contributed by atoms with van der Waals surface area (Å²) in [5.74, 6) is 0.402. The summed E-state index contributed by atoms with van der Waals surface area (Å²) < 4.78 is 24.7. The van der Waals surface area contributed by atoms with E-state index >= 15 is 0 Å². The topological polar surface area (TPSA) is 60.9 Å². The van der Waals surface area contributed by atoms with Gasteiger partial charge in [-0.3, -0.25) is 4.79 Å². The van der Waals surface area contributed by atoms with E-state index < -0.39 is 10.0 Å². The van der Waals surface area contributed by atoms with Crippen molar-refractivity contribution in [3.05, 3.63) is 0 Å². The Kier molecular flexibility index (Phi) is 5.82. The number of likely N-dealkylation sites (tertiary alicyclic amines) is 2. The van der Waals surface area contributed by atoms with Gasteiger partial charge in [-0.2, -0.15) is 0 Å². The maximum atomic E-state index is 12.5. The van der Waals surface area contributed by atoms with Crippen LogP contribution in [0.25, 0.3) is 0 Å². The average molecular weight is 358 g/mol. The molecule has 3 saturated heterocycles. The molecule has 3 aliphatic rings. The van der Waals surface area contributed by atoms with E-state index in [4.69, 9.17) is 0 Å². The van der Waals surface area contributed by atoms with Crippen molar-refractivity contribution >= 4 is 15.9 Å². The van der Waals surface area contributed by atoms with Crippen LogP contribution in [0.1, 0.15) is 44.9 Å². The molecule has 1 unspecified atom stereocenters. The standard InChI is InChI=1S/C17H31N3O3S/c1-24(22,23)20-12-5-15(14-20)13-17(21)19-10-6-16(7-11-19)18-8-3-2-4-9-18/h15-16H,2-14H2,1H3. The van der Waals surface area contributed by atoms with Gasteiger partial charge >= 0.3 is 0 Å². The van der Waals surface area contributed by atoms with E-state index in [1.54, 1.807) is 0 Å². The molecule has 0 bridgehead atoms. The molecule has 3 rings (SSSR count). The van der Waals surface area contributed by atoms with Crippen molar-refractivity contribution in [3.63, 3.8) is 0 Å². The fourth-order valence-electron chi connectivity index (χ4n) is 4.40. The molecule has 0 aromatic heterocycles. The largest absolute Gasteiger partial charge is 0.343 e. The number of piperidine rings is 2. The van der Waals surface area contributed by atoms with Crippen LogP contribution < -0.4 is 0 Å². The lowest BCUT2D eigenvalue weighted by atomic mass is 9.98. The van der Waals surface area contributed by atoms with Crippen molar-refractivity contribution in [3.8, 4) is 0 Å². The number of rotatable bonds is 4. The minimum Gasteiger partial charge on any atom is -0.343 e. The zero-order chi connectivity index (χ0) is 17.2. The second-order valence-corrected chi connectivity index (χ2v) is 9.67. The monoisotopic (exact) mass is 357 g/mol. The molecule has 0 radical (unpaired) electrons. The van der Waals surface area contributed by atoms with E-state index in [0.717, 1.165) is 32.4 Å². The van der Waals surface area contributed by atoms with E-state index in [9.17, 15) is 13.2 Å². The number of amides is 1. The SMILES string of the molecule is CS(=O)(=O)N1CCC(CC(=O)N2CCC(N3CCCCC3)CC2)C1. The minimum atomic E-state index is -3.11. The van der Waals surface area contributed by atoms with Crippen LogP contribution in [0, 0.1) is 5.92 Å². The summed E-state index contributed by atoms with van der Waals surface area (Å²) in [6.45, 7) is 5.25. The van der Waals surface area contributed by atoms with Gasteiger partial charge in [0.15, 0.2) is 0 Å². The van der Waals surface area contributed by atoms with Crippen molar-refractivity contribution in [1.82, 2.24) is 14.1 Å². The highest BCUT2D eigenvalue weighted by Gasteiger charge is 2.32. The number of hydrogen-bond acceptors (Lipinski definition) is 4. The molecule has 7 heteroatoms. The molecule has 0 saturated carbocycles. The van der Waals surface area contributed by atoms with Crippen LogP contribution in [-0.2, 0) is 14.8 Å². The van der Waals surface area contributed by atoms with Crippen LogP contribution in [0.3, 0.4) is 0 Å². The lowest BCUT2D eigenvalue weighted by molar-refractivity contribution is -0.133. The zero-order valence-corrected chi connectivity index (χ0v) is 15.6. The van der Waals surface area contributed by atoms with Gasteiger partial charge in [0.25, 0.3) is 0 Å². The van der Waals surface area contributed by atoms with Gasteiger partial charge in [-0.1, -0.05) is 6.42 Å². The van der Waals surface area contributed by atoms with Crippen molar-refractivity contribution in [2.45, 2.75) is 51.0 Å². The number of sulfonamides is 1.